The highest BCUT2D eigenvalue weighted by atomic mass is 16.2. The van der Waals surface area contributed by atoms with Gasteiger partial charge in [-0.15, -0.1) is 0 Å². The Kier molecular flexibility index (Phi) is 3.24. The lowest BCUT2D eigenvalue weighted by Gasteiger charge is -2.18. The second kappa shape index (κ2) is 5.42. The molecule has 0 bridgehead atoms. The maximum atomic E-state index is 12.7. The number of imide groups is 1. The number of hydrogen-bond acceptors (Lipinski definition) is 3. The molecule has 0 atom stereocenters. The van der Waals surface area contributed by atoms with Crippen LogP contribution in [0.5, 0.6) is 0 Å². The third-order valence-corrected chi connectivity index (χ3v) is 4.26. The largest absolute Gasteiger partial charge is 0.294 e. The zero-order chi connectivity index (χ0) is 16.7. The molecule has 0 unspecified atom stereocenters. The molecular weight excluding hydrogens is 302 g/mol. The van der Waals surface area contributed by atoms with Crippen LogP contribution in [0.2, 0.25) is 0 Å². The molecule has 4 rings (SSSR count). The highest BCUT2D eigenvalue weighted by molar-refractivity contribution is 6.27. The van der Waals surface area contributed by atoms with Crippen LogP contribution in [0.1, 0.15) is 36.6 Å². The van der Waals surface area contributed by atoms with Crippen molar-refractivity contribution in [3.63, 3.8) is 0 Å². The fourth-order valence-corrected chi connectivity index (χ4v) is 3.14. The molecule has 3 aromatic carbocycles. The van der Waals surface area contributed by atoms with Crippen LogP contribution < -0.4 is 5.32 Å². The third kappa shape index (κ3) is 2.20. The summed E-state index contributed by atoms with van der Waals surface area (Å²) in [6.45, 7) is 0. The molecule has 4 nitrogen and oxygen atoms in total. The average Bonchev–Trinajstić information content (AvgIpc) is 2.60. The Labute approximate surface area is 138 Å². The van der Waals surface area contributed by atoms with Gasteiger partial charge in [0.25, 0.3) is 11.8 Å². The lowest BCUT2D eigenvalue weighted by molar-refractivity contribution is 0.0843. The minimum atomic E-state index is -0.425. The number of Topliss-reactive ketones (excluding diaryl/α,β-unsaturated/α-hetero) is 1. The molecule has 116 valence electrons. The summed E-state index contributed by atoms with van der Waals surface area (Å²) in [5, 5.41) is 3.53. The van der Waals surface area contributed by atoms with Crippen molar-refractivity contribution >= 4 is 28.4 Å². The minimum absolute atomic E-state index is 0.0386. The summed E-state index contributed by atoms with van der Waals surface area (Å²) in [7, 11) is 0. The minimum Gasteiger partial charge on any atom is -0.294 e. The van der Waals surface area contributed by atoms with Gasteiger partial charge in [-0.1, -0.05) is 42.5 Å². The highest BCUT2D eigenvalue weighted by Crippen LogP contribution is 2.29. The van der Waals surface area contributed by atoms with Gasteiger partial charge < -0.3 is 0 Å². The standard InChI is InChI=1S/C20H13NO3/c22-17(11-12-5-2-1-3-6-12)13-9-10-16-18-14(13)7-4-8-15(18)19(23)21-20(16)24/h1-10H,11H2,(H,21,23,24). The van der Waals surface area contributed by atoms with Gasteiger partial charge in [0.2, 0.25) is 0 Å². The molecule has 1 aliphatic heterocycles. The van der Waals surface area contributed by atoms with Crippen molar-refractivity contribution in [2.24, 2.45) is 0 Å². The van der Waals surface area contributed by atoms with Crippen LogP contribution in [0.4, 0.5) is 0 Å². The van der Waals surface area contributed by atoms with E-state index in [-0.39, 0.29) is 12.2 Å². The van der Waals surface area contributed by atoms with Gasteiger partial charge in [-0.2, -0.15) is 0 Å². The maximum absolute atomic E-state index is 12.7. The summed E-state index contributed by atoms with van der Waals surface area (Å²) in [5.74, 6) is -0.889. The Morgan fingerprint density at radius 1 is 0.792 bits per heavy atom. The molecule has 0 aliphatic carbocycles. The van der Waals surface area contributed by atoms with E-state index in [2.05, 4.69) is 5.32 Å². The van der Waals surface area contributed by atoms with Crippen molar-refractivity contribution < 1.29 is 14.4 Å². The first-order valence-corrected chi connectivity index (χ1v) is 7.63. The Bertz CT molecular complexity index is 986. The second-order valence-electron chi connectivity index (χ2n) is 5.76. The fraction of sp³-hybridized carbons (Fsp3) is 0.0500. The van der Waals surface area contributed by atoms with Gasteiger partial charge in [0.15, 0.2) is 5.78 Å². The summed E-state index contributed by atoms with van der Waals surface area (Å²) in [6, 6.07) is 18.0. The van der Waals surface area contributed by atoms with Gasteiger partial charge in [-0.3, -0.25) is 19.7 Å². The van der Waals surface area contributed by atoms with E-state index in [1.807, 2.05) is 30.3 Å². The Hall–Kier alpha value is -3.27. The topological polar surface area (TPSA) is 63.2 Å². The van der Waals surface area contributed by atoms with E-state index in [1.165, 1.54) is 0 Å². The van der Waals surface area contributed by atoms with Crippen molar-refractivity contribution in [2.45, 2.75) is 6.42 Å². The third-order valence-electron chi connectivity index (χ3n) is 4.26. The van der Waals surface area contributed by atoms with Crippen LogP contribution in [-0.4, -0.2) is 17.6 Å². The van der Waals surface area contributed by atoms with Crippen molar-refractivity contribution in [3.8, 4) is 0 Å². The summed E-state index contributed by atoms with van der Waals surface area (Å²) < 4.78 is 0. The van der Waals surface area contributed by atoms with Crippen molar-refractivity contribution in [3.05, 3.63) is 82.9 Å². The molecule has 0 spiro atoms. The van der Waals surface area contributed by atoms with E-state index in [0.29, 0.717) is 27.5 Å². The van der Waals surface area contributed by atoms with Gasteiger partial charge in [0.1, 0.15) is 0 Å². The van der Waals surface area contributed by atoms with Gasteiger partial charge >= 0.3 is 0 Å². The van der Waals surface area contributed by atoms with E-state index in [0.717, 1.165) is 5.56 Å². The van der Waals surface area contributed by atoms with Crippen molar-refractivity contribution in [2.75, 3.05) is 0 Å². The monoisotopic (exact) mass is 315 g/mol. The van der Waals surface area contributed by atoms with Crippen LogP contribution >= 0.6 is 0 Å². The van der Waals surface area contributed by atoms with E-state index in [1.54, 1.807) is 30.3 Å². The molecule has 1 N–H and O–H groups in total. The zero-order valence-corrected chi connectivity index (χ0v) is 12.7. The molecule has 1 aliphatic rings. The Balaban J connectivity index is 1.87. The lowest BCUT2D eigenvalue weighted by Crippen LogP contribution is -2.34. The number of hydrogen-bond donors (Lipinski definition) is 1. The summed E-state index contributed by atoms with van der Waals surface area (Å²) in [6.07, 6.45) is 0.277. The lowest BCUT2D eigenvalue weighted by atomic mass is 9.90. The molecule has 0 aromatic heterocycles. The molecular formula is C20H13NO3. The number of ketones is 1. The molecule has 0 saturated heterocycles. The molecule has 1 heterocycles. The SMILES string of the molecule is O=C(Cc1ccccc1)c1ccc2c3c(cccc13)C(=O)NC2=O. The van der Waals surface area contributed by atoms with Crippen LogP contribution in [-0.2, 0) is 6.42 Å². The number of rotatable bonds is 3. The number of benzene rings is 3. The molecule has 3 aromatic rings. The van der Waals surface area contributed by atoms with Gasteiger partial charge in [-0.25, -0.2) is 0 Å². The van der Waals surface area contributed by atoms with Crippen LogP contribution in [0, 0.1) is 0 Å². The highest BCUT2D eigenvalue weighted by Gasteiger charge is 2.26. The molecule has 2 amide bonds. The first-order chi connectivity index (χ1) is 11.6. The molecule has 4 heteroatoms. The predicted octanol–water partition coefficient (Wildman–Crippen LogP) is 3.15. The molecule has 0 saturated carbocycles. The Morgan fingerprint density at radius 2 is 1.50 bits per heavy atom. The van der Waals surface area contributed by atoms with E-state index >= 15 is 0 Å². The first-order valence-electron chi connectivity index (χ1n) is 7.63. The molecule has 0 fully saturated rings. The van der Waals surface area contributed by atoms with Gasteiger partial charge in [0.05, 0.1) is 0 Å². The van der Waals surface area contributed by atoms with Crippen molar-refractivity contribution in [1.82, 2.24) is 5.32 Å². The normalized spacial score (nSPS) is 13.0. The molecule has 24 heavy (non-hydrogen) atoms. The van der Waals surface area contributed by atoms with Crippen LogP contribution in [0.3, 0.4) is 0 Å². The van der Waals surface area contributed by atoms with E-state index in [9.17, 15) is 14.4 Å². The fourth-order valence-electron chi connectivity index (χ4n) is 3.14. The maximum Gasteiger partial charge on any atom is 0.258 e. The quantitative estimate of drug-likeness (QED) is 0.596. The second-order valence-corrected chi connectivity index (χ2v) is 5.76. The average molecular weight is 315 g/mol. The van der Waals surface area contributed by atoms with Crippen LogP contribution in [0.25, 0.3) is 10.8 Å². The zero-order valence-electron chi connectivity index (χ0n) is 12.7. The smallest absolute Gasteiger partial charge is 0.258 e. The molecule has 0 radical (unpaired) electrons. The number of nitrogens with one attached hydrogen (secondary N) is 1. The predicted molar refractivity (Wildman–Crippen MR) is 90.2 cm³/mol. The summed E-state index contributed by atoms with van der Waals surface area (Å²) in [5.41, 5.74) is 2.31. The van der Waals surface area contributed by atoms with E-state index < -0.39 is 11.8 Å². The van der Waals surface area contributed by atoms with Crippen molar-refractivity contribution in [1.29, 1.82) is 0 Å². The summed E-state index contributed by atoms with van der Waals surface area (Å²) >= 11 is 0. The summed E-state index contributed by atoms with van der Waals surface area (Å²) in [4.78, 5) is 36.8. The number of carbonyl (C=O) groups is 3. The van der Waals surface area contributed by atoms with Gasteiger partial charge in [0, 0.05) is 28.5 Å². The van der Waals surface area contributed by atoms with Crippen LogP contribution in [0.15, 0.2) is 60.7 Å². The first kappa shape index (κ1) is 14.3. The Morgan fingerprint density at radius 3 is 2.25 bits per heavy atom. The van der Waals surface area contributed by atoms with Gasteiger partial charge in [-0.05, 0) is 29.1 Å². The van der Waals surface area contributed by atoms with E-state index in [4.69, 9.17) is 0 Å². The number of carbonyl (C=O) groups excluding carboxylic acids is 3. The number of amides is 2.